The molecule has 1 aliphatic carbocycles. The number of nitrogens with one attached hydrogen (secondary N) is 1. The van der Waals surface area contributed by atoms with Gasteiger partial charge < -0.3 is 5.32 Å². The molecule has 1 amide bonds. The van der Waals surface area contributed by atoms with E-state index >= 15 is 0 Å². The third-order valence-electron chi connectivity index (χ3n) is 4.49. The molecule has 1 fully saturated rings. The Morgan fingerprint density at radius 3 is 2.43 bits per heavy atom. The van der Waals surface area contributed by atoms with Crippen LogP contribution in [0, 0.1) is 12.3 Å². The molecule has 0 spiro atoms. The highest BCUT2D eigenvalue weighted by molar-refractivity contribution is 7.89. The molecule has 116 valence electrons. The van der Waals surface area contributed by atoms with Gasteiger partial charge in [0.15, 0.2) is 0 Å². The van der Waals surface area contributed by atoms with E-state index in [4.69, 9.17) is 5.14 Å². The summed E-state index contributed by atoms with van der Waals surface area (Å²) in [6.45, 7) is 3.80. The molecular weight excluding hydrogens is 288 g/mol. The number of rotatable bonds is 4. The highest BCUT2D eigenvalue weighted by atomic mass is 32.2. The molecule has 0 saturated heterocycles. The molecule has 0 unspecified atom stereocenters. The van der Waals surface area contributed by atoms with Crippen LogP contribution in [-0.4, -0.2) is 14.3 Å². The number of sulfonamides is 1. The number of nitrogens with two attached hydrogens (primary N) is 1. The van der Waals surface area contributed by atoms with E-state index in [1.165, 1.54) is 12.1 Å². The Morgan fingerprint density at radius 2 is 1.95 bits per heavy atom. The molecule has 0 bridgehead atoms. The quantitative estimate of drug-likeness (QED) is 0.895. The summed E-state index contributed by atoms with van der Waals surface area (Å²) in [6.07, 6.45) is 4.84. The average Bonchev–Trinajstić information content (AvgIpc) is 2.90. The molecule has 0 aliphatic heterocycles. The highest BCUT2D eigenvalue weighted by Crippen LogP contribution is 2.42. The maximum absolute atomic E-state index is 12.5. The van der Waals surface area contributed by atoms with Crippen molar-refractivity contribution in [2.75, 3.05) is 5.32 Å². The molecule has 0 radical (unpaired) electrons. The Bertz CT molecular complexity index is 647. The van der Waals surface area contributed by atoms with Crippen molar-refractivity contribution in [1.29, 1.82) is 0 Å². The van der Waals surface area contributed by atoms with Crippen molar-refractivity contribution < 1.29 is 13.2 Å². The number of hydrogen-bond donors (Lipinski definition) is 2. The van der Waals surface area contributed by atoms with Crippen LogP contribution in [0.15, 0.2) is 23.1 Å². The van der Waals surface area contributed by atoms with Gasteiger partial charge in [0.25, 0.3) is 0 Å². The Hall–Kier alpha value is -1.40. The molecule has 5 nitrogen and oxygen atoms in total. The minimum Gasteiger partial charge on any atom is -0.325 e. The summed E-state index contributed by atoms with van der Waals surface area (Å²) in [6, 6.07) is 4.51. The highest BCUT2D eigenvalue weighted by Gasteiger charge is 2.39. The molecule has 0 aromatic heterocycles. The molecule has 1 aliphatic rings. The standard InChI is InChI=1S/C15H22N2O3S/c1-3-15(8-4-5-9-15)14(18)17-13-7-6-12(10-11(13)2)21(16,19)20/h6-7,10H,3-5,8-9H2,1-2H3,(H,17,18)(H2,16,19,20). The number of hydrogen-bond acceptors (Lipinski definition) is 3. The van der Waals surface area contributed by atoms with Gasteiger partial charge in [0, 0.05) is 11.1 Å². The maximum atomic E-state index is 12.5. The van der Waals surface area contributed by atoms with E-state index < -0.39 is 10.0 Å². The van der Waals surface area contributed by atoms with Crippen LogP contribution >= 0.6 is 0 Å². The van der Waals surface area contributed by atoms with Gasteiger partial charge in [-0.05, 0) is 49.9 Å². The van der Waals surface area contributed by atoms with E-state index in [0.717, 1.165) is 32.1 Å². The second-order valence-corrected chi connectivity index (χ2v) is 7.38. The van der Waals surface area contributed by atoms with E-state index in [9.17, 15) is 13.2 Å². The SMILES string of the molecule is CCC1(C(=O)Nc2ccc(S(N)(=O)=O)cc2C)CCCC1. The second-order valence-electron chi connectivity index (χ2n) is 5.82. The Morgan fingerprint density at radius 1 is 1.33 bits per heavy atom. The predicted molar refractivity (Wildman–Crippen MR) is 82.4 cm³/mol. The van der Waals surface area contributed by atoms with Gasteiger partial charge in [-0.3, -0.25) is 4.79 Å². The molecule has 0 heterocycles. The fraction of sp³-hybridized carbons (Fsp3) is 0.533. The smallest absolute Gasteiger partial charge is 0.238 e. The van der Waals surface area contributed by atoms with E-state index in [-0.39, 0.29) is 16.2 Å². The minimum absolute atomic E-state index is 0.0361. The summed E-state index contributed by atoms with van der Waals surface area (Å²) < 4.78 is 22.6. The lowest BCUT2D eigenvalue weighted by atomic mass is 9.82. The Balaban J connectivity index is 2.22. The van der Waals surface area contributed by atoms with E-state index in [1.807, 2.05) is 6.92 Å². The molecule has 1 aromatic carbocycles. The van der Waals surface area contributed by atoms with Crippen molar-refractivity contribution >= 4 is 21.6 Å². The van der Waals surface area contributed by atoms with Crippen molar-refractivity contribution in [1.82, 2.24) is 0 Å². The van der Waals surface area contributed by atoms with Crippen molar-refractivity contribution in [2.45, 2.75) is 50.8 Å². The number of carbonyl (C=O) groups is 1. The Kier molecular flexibility index (Phi) is 4.39. The first-order valence-electron chi connectivity index (χ1n) is 7.23. The summed E-state index contributed by atoms with van der Waals surface area (Å²) in [5, 5.41) is 8.05. The molecule has 3 N–H and O–H groups in total. The minimum atomic E-state index is -3.72. The van der Waals surface area contributed by atoms with Crippen LogP contribution in [-0.2, 0) is 14.8 Å². The van der Waals surface area contributed by atoms with Gasteiger partial charge >= 0.3 is 0 Å². The zero-order valence-corrected chi connectivity index (χ0v) is 13.3. The zero-order valence-electron chi connectivity index (χ0n) is 12.5. The van der Waals surface area contributed by atoms with E-state index in [0.29, 0.717) is 11.3 Å². The summed E-state index contributed by atoms with van der Waals surface area (Å²) in [7, 11) is -3.72. The van der Waals surface area contributed by atoms with Gasteiger partial charge in [0.1, 0.15) is 0 Å². The third kappa shape index (κ3) is 3.27. The molecule has 2 rings (SSSR count). The number of aryl methyl sites for hydroxylation is 1. The van der Waals surface area contributed by atoms with Crippen molar-refractivity contribution in [3.63, 3.8) is 0 Å². The molecule has 1 aromatic rings. The van der Waals surface area contributed by atoms with Crippen LogP contribution in [0.1, 0.15) is 44.6 Å². The number of carbonyl (C=O) groups excluding carboxylic acids is 1. The van der Waals surface area contributed by atoms with E-state index in [2.05, 4.69) is 5.32 Å². The third-order valence-corrected chi connectivity index (χ3v) is 5.40. The normalized spacial score (nSPS) is 17.7. The lowest BCUT2D eigenvalue weighted by molar-refractivity contribution is -0.125. The number of amides is 1. The first-order chi connectivity index (χ1) is 9.78. The zero-order chi connectivity index (χ0) is 15.7. The van der Waals surface area contributed by atoms with Crippen LogP contribution in [0.5, 0.6) is 0 Å². The maximum Gasteiger partial charge on any atom is 0.238 e. The fourth-order valence-corrected chi connectivity index (χ4v) is 3.60. The van der Waals surface area contributed by atoms with Gasteiger partial charge in [0.2, 0.25) is 15.9 Å². The van der Waals surface area contributed by atoms with Crippen LogP contribution in [0.3, 0.4) is 0 Å². The molecule has 6 heteroatoms. The van der Waals surface area contributed by atoms with Gasteiger partial charge in [-0.1, -0.05) is 19.8 Å². The number of anilines is 1. The summed E-state index contributed by atoms with van der Waals surface area (Å²) in [4.78, 5) is 12.6. The molecule has 1 saturated carbocycles. The summed E-state index contributed by atoms with van der Waals surface area (Å²) in [5.41, 5.74) is 1.07. The number of primary sulfonamides is 1. The largest absolute Gasteiger partial charge is 0.325 e. The van der Waals surface area contributed by atoms with Crippen LogP contribution in [0.4, 0.5) is 5.69 Å². The van der Waals surface area contributed by atoms with Crippen LogP contribution in [0.2, 0.25) is 0 Å². The van der Waals surface area contributed by atoms with Crippen molar-refractivity contribution in [3.8, 4) is 0 Å². The lowest BCUT2D eigenvalue weighted by Crippen LogP contribution is -2.33. The van der Waals surface area contributed by atoms with Crippen LogP contribution < -0.4 is 10.5 Å². The lowest BCUT2D eigenvalue weighted by Gasteiger charge is -2.26. The predicted octanol–water partition coefficient (Wildman–Crippen LogP) is 2.55. The first kappa shape index (κ1) is 16.0. The number of benzene rings is 1. The molecular formula is C15H22N2O3S. The summed E-state index contributed by atoms with van der Waals surface area (Å²) >= 11 is 0. The van der Waals surface area contributed by atoms with Crippen molar-refractivity contribution in [3.05, 3.63) is 23.8 Å². The van der Waals surface area contributed by atoms with Gasteiger partial charge in [-0.2, -0.15) is 0 Å². The van der Waals surface area contributed by atoms with Crippen molar-refractivity contribution in [2.24, 2.45) is 10.6 Å². The van der Waals surface area contributed by atoms with Gasteiger partial charge in [-0.25, -0.2) is 13.6 Å². The van der Waals surface area contributed by atoms with Gasteiger partial charge in [0.05, 0.1) is 4.90 Å². The average molecular weight is 310 g/mol. The fourth-order valence-electron chi connectivity index (χ4n) is 3.00. The van der Waals surface area contributed by atoms with Gasteiger partial charge in [-0.15, -0.1) is 0 Å². The second kappa shape index (κ2) is 5.77. The molecule has 0 atom stereocenters. The van der Waals surface area contributed by atoms with Crippen LogP contribution in [0.25, 0.3) is 0 Å². The molecule has 21 heavy (non-hydrogen) atoms. The first-order valence-corrected chi connectivity index (χ1v) is 8.78. The summed E-state index contributed by atoms with van der Waals surface area (Å²) in [5.74, 6) is 0.0361. The van der Waals surface area contributed by atoms with E-state index in [1.54, 1.807) is 13.0 Å². The Labute approximate surface area is 126 Å². The topological polar surface area (TPSA) is 89.3 Å². The monoisotopic (exact) mass is 310 g/mol.